The van der Waals surface area contributed by atoms with Gasteiger partial charge in [-0.3, -0.25) is 4.98 Å². The quantitative estimate of drug-likeness (QED) is 0.808. The maximum absolute atomic E-state index is 5.38. The minimum Gasteiger partial charge on any atom is -0.379 e. The predicted molar refractivity (Wildman–Crippen MR) is 59.8 cm³/mol. The van der Waals surface area contributed by atoms with Crippen molar-refractivity contribution >= 4 is 0 Å². The van der Waals surface area contributed by atoms with E-state index in [9.17, 15) is 0 Å². The molecular formula is C12H18N2O. The minimum atomic E-state index is 0.175. The maximum Gasteiger partial charge on any atom is 0.0646 e. The maximum atomic E-state index is 5.38. The highest BCUT2D eigenvalue weighted by molar-refractivity contribution is 5.04. The lowest BCUT2D eigenvalue weighted by atomic mass is 10.0. The van der Waals surface area contributed by atoms with Crippen molar-refractivity contribution in [3.63, 3.8) is 0 Å². The number of nitrogens with one attached hydrogen (secondary N) is 1. The highest BCUT2D eigenvalue weighted by Crippen LogP contribution is 2.16. The molecule has 1 atom stereocenters. The summed E-state index contributed by atoms with van der Waals surface area (Å²) in [6.07, 6.45) is 3.93. The Bertz CT molecular complexity index is 294. The first kappa shape index (κ1) is 10.6. The van der Waals surface area contributed by atoms with Crippen LogP contribution in [0.4, 0.5) is 0 Å². The van der Waals surface area contributed by atoms with Crippen LogP contribution in [0.1, 0.15) is 19.0 Å². The van der Waals surface area contributed by atoms with Crippen molar-refractivity contribution in [2.45, 2.75) is 25.3 Å². The SMILES string of the molecule is CC1(NCCc2ccccn2)CCOC1. The second-order valence-corrected chi connectivity index (χ2v) is 4.36. The molecule has 0 radical (unpaired) electrons. The molecule has 0 bridgehead atoms. The van der Waals surface area contributed by atoms with Crippen LogP contribution in [0.3, 0.4) is 0 Å². The number of nitrogens with zero attached hydrogens (tertiary/aromatic N) is 1. The fraction of sp³-hybridized carbons (Fsp3) is 0.583. The van der Waals surface area contributed by atoms with Gasteiger partial charge in [-0.25, -0.2) is 0 Å². The summed E-state index contributed by atoms with van der Waals surface area (Å²) in [4.78, 5) is 4.29. The summed E-state index contributed by atoms with van der Waals surface area (Å²) in [7, 11) is 0. The summed E-state index contributed by atoms with van der Waals surface area (Å²) in [5, 5.41) is 3.54. The largest absolute Gasteiger partial charge is 0.379 e. The molecule has 1 saturated heterocycles. The van der Waals surface area contributed by atoms with E-state index in [1.165, 1.54) is 0 Å². The Morgan fingerprint density at radius 3 is 3.13 bits per heavy atom. The van der Waals surface area contributed by atoms with Crippen molar-refractivity contribution in [2.75, 3.05) is 19.8 Å². The van der Waals surface area contributed by atoms with Gasteiger partial charge < -0.3 is 10.1 Å². The van der Waals surface area contributed by atoms with Gasteiger partial charge in [0.25, 0.3) is 0 Å². The molecule has 1 fully saturated rings. The molecule has 1 unspecified atom stereocenters. The van der Waals surface area contributed by atoms with Crippen molar-refractivity contribution in [1.82, 2.24) is 10.3 Å². The zero-order valence-electron chi connectivity index (χ0n) is 9.20. The van der Waals surface area contributed by atoms with Gasteiger partial charge >= 0.3 is 0 Å². The van der Waals surface area contributed by atoms with E-state index in [2.05, 4.69) is 23.3 Å². The third kappa shape index (κ3) is 3.01. The fourth-order valence-corrected chi connectivity index (χ4v) is 1.84. The molecule has 1 aromatic rings. The van der Waals surface area contributed by atoms with Gasteiger partial charge in [-0.1, -0.05) is 6.07 Å². The lowest BCUT2D eigenvalue weighted by Crippen LogP contribution is -2.43. The van der Waals surface area contributed by atoms with E-state index >= 15 is 0 Å². The number of aromatic nitrogens is 1. The molecule has 3 nitrogen and oxygen atoms in total. The van der Waals surface area contributed by atoms with Gasteiger partial charge in [-0.15, -0.1) is 0 Å². The van der Waals surface area contributed by atoms with E-state index < -0.39 is 0 Å². The molecule has 0 saturated carbocycles. The number of rotatable bonds is 4. The molecule has 1 N–H and O–H groups in total. The summed E-state index contributed by atoms with van der Waals surface area (Å²) in [5.41, 5.74) is 1.32. The van der Waals surface area contributed by atoms with Crippen LogP contribution in [-0.2, 0) is 11.2 Å². The average molecular weight is 206 g/mol. The molecule has 0 aromatic carbocycles. The third-order valence-electron chi connectivity index (χ3n) is 2.88. The van der Waals surface area contributed by atoms with Crippen molar-refractivity contribution in [1.29, 1.82) is 0 Å². The lowest BCUT2D eigenvalue weighted by molar-refractivity contribution is 0.172. The van der Waals surface area contributed by atoms with Crippen LogP contribution in [0.15, 0.2) is 24.4 Å². The Balaban J connectivity index is 1.75. The summed E-state index contributed by atoms with van der Waals surface area (Å²) in [6.45, 7) is 4.90. The molecule has 1 aliphatic heterocycles. The molecule has 0 spiro atoms. The standard InChI is InChI=1S/C12H18N2O/c1-12(6-9-15-10-12)14-8-5-11-4-2-3-7-13-11/h2-4,7,14H,5-6,8-10H2,1H3. The van der Waals surface area contributed by atoms with Crippen LogP contribution in [0.2, 0.25) is 0 Å². The molecule has 2 rings (SSSR count). The van der Waals surface area contributed by atoms with Crippen molar-refractivity contribution in [2.24, 2.45) is 0 Å². The van der Waals surface area contributed by atoms with Gasteiger partial charge in [0, 0.05) is 37.0 Å². The highest BCUT2D eigenvalue weighted by atomic mass is 16.5. The third-order valence-corrected chi connectivity index (χ3v) is 2.88. The zero-order chi connectivity index (χ0) is 10.6. The fourth-order valence-electron chi connectivity index (χ4n) is 1.84. The Kier molecular flexibility index (Phi) is 3.34. The Hall–Kier alpha value is -0.930. The molecule has 1 aromatic heterocycles. The summed E-state index contributed by atoms with van der Waals surface area (Å²) < 4.78 is 5.38. The van der Waals surface area contributed by atoms with Crippen molar-refractivity contribution < 1.29 is 4.74 Å². The normalized spacial score (nSPS) is 25.7. The van der Waals surface area contributed by atoms with Gasteiger partial charge in [0.2, 0.25) is 0 Å². The molecule has 3 heteroatoms. The first-order valence-electron chi connectivity index (χ1n) is 5.51. The van der Waals surface area contributed by atoms with Crippen LogP contribution in [0.25, 0.3) is 0 Å². The van der Waals surface area contributed by atoms with E-state index in [0.717, 1.165) is 38.3 Å². The molecule has 15 heavy (non-hydrogen) atoms. The van der Waals surface area contributed by atoms with E-state index in [4.69, 9.17) is 4.74 Å². The number of hydrogen-bond donors (Lipinski definition) is 1. The predicted octanol–water partition coefficient (Wildman–Crippen LogP) is 1.39. The van der Waals surface area contributed by atoms with Gasteiger partial charge in [-0.2, -0.15) is 0 Å². The number of ether oxygens (including phenoxy) is 1. The molecular weight excluding hydrogens is 188 g/mol. The first-order chi connectivity index (χ1) is 7.29. The second-order valence-electron chi connectivity index (χ2n) is 4.36. The van der Waals surface area contributed by atoms with Crippen molar-refractivity contribution in [3.8, 4) is 0 Å². The van der Waals surface area contributed by atoms with Crippen LogP contribution in [0, 0.1) is 0 Å². The zero-order valence-corrected chi connectivity index (χ0v) is 9.20. The molecule has 82 valence electrons. The van der Waals surface area contributed by atoms with Gasteiger partial charge in [0.1, 0.15) is 0 Å². The molecule has 0 amide bonds. The Morgan fingerprint density at radius 1 is 1.53 bits per heavy atom. The monoisotopic (exact) mass is 206 g/mol. The van der Waals surface area contributed by atoms with Crippen LogP contribution in [0.5, 0.6) is 0 Å². The Labute approximate surface area is 90.9 Å². The summed E-state index contributed by atoms with van der Waals surface area (Å²) >= 11 is 0. The lowest BCUT2D eigenvalue weighted by Gasteiger charge is -2.23. The molecule has 2 heterocycles. The van der Waals surface area contributed by atoms with E-state index in [1.807, 2.05) is 18.3 Å². The first-order valence-corrected chi connectivity index (χ1v) is 5.51. The highest BCUT2D eigenvalue weighted by Gasteiger charge is 2.28. The molecule has 0 aliphatic carbocycles. The molecule has 1 aliphatic rings. The Morgan fingerprint density at radius 2 is 2.47 bits per heavy atom. The summed E-state index contributed by atoms with van der Waals surface area (Å²) in [6, 6.07) is 6.04. The summed E-state index contributed by atoms with van der Waals surface area (Å²) in [5.74, 6) is 0. The van der Waals surface area contributed by atoms with Crippen LogP contribution < -0.4 is 5.32 Å². The number of pyridine rings is 1. The van der Waals surface area contributed by atoms with E-state index in [1.54, 1.807) is 0 Å². The second kappa shape index (κ2) is 4.73. The smallest absolute Gasteiger partial charge is 0.0646 e. The average Bonchev–Trinajstić information content (AvgIpc) is 2.67. The van der Waals surface area contributed by atoms with Crippen LogP contribution in [-0.4, -0.2) is 30.3 Å². The van der Waals surface area contributed by atoms with Gasteiger partial charge in [0.15, 0.2) is 0 Å². The van der Waals surface area contributed by atoms with E-state index in [0.29, 0.717) is 0 Å². The van der Waals surface area contributed by atoms with E-state index in [-0.39, 0.29) is 5.54 Å². The van der Waals surface area contributed by atoms with Crippen molar-refractivity contribution in [3.05, 3.63) is 30.1 Å². The van der Waals surface area contributed by atoms with Gasteiger partial charge in [0.05, 0.1) is 6.61 Å². The minimum absolute atomic E-state index is 0.175. The van der Waals surface area contributed by atoms with Gasteiger partial charge in [-0.05, 0) is 25.5 Å². The number of hydrogen-bond acceptors (Lipinski definition) is 3. The van der Waals surface area contributed by atoms with Crippen LogP contribution >= 0.6 is 0 Å². The topological polar surface area (TPSA) is 34.2 Å².